The van der Waals surface area contributed by atoms with Crippen LogP contribution in [-0.2, 0) is 0 Å². The molecule has 0 bridgehead atoms. The molecular weight excluding hydrogens is 160 g/mol. The van der Waals surface area contributed by atoms with E-state index in [4.69, 9.17) is 0 Å². The Morgan fingerprint density at radius 3 is 2.54 bits per heavy atom. The molecule has 1 aliphatic heterocycles. The van der Waals surface area contributed by atoms with Gasteiger partial charge in [-0.1, -0.05) is 24.8 Å². The van der Waals surface area contributed by atoms with E-state index in [1.165, 1.54) is 0 Å². The van der Waals surface area contributed by atoms with E-state index in [9.17, 15) is 0 Å². The van der Waals surface area contributed by atoms with E-state index < -0.39 is 0 Å². The van der Waals surface area contributed by atoms with Crippen LogP contribution < -0.4 is 5.01 Å². The first-order valence-electron chi connectivity index (χ1n) is 4.34. The summed E-state index contributed by atoms with van der Waals surface area (Å²) in [6.45, 7) is 6.00. The zero-order valence-corrected chi connectivity index (χ0v) is 7.70. The van der Waals surface area contributed by atoms with E-state index in [-0.39, 0.29) is 0 Å². The van der Waals surface area contributed by atoms with Gasteiger partial charge in [0.1, 0.15) is 0 Å². The predicted molar refractivity (Wildman–Crippen MR) is 55.8 cm³/mol. The highest BCUT2D eigenvalue weighted by Crippen LogP contribution is 2.25. The van der Waals surface area contributed by atoms with Gasteiger partial charge in [-0.3, -0.25) is 0 Å². The Hall–Kier alpha value is -1.57. The second kappa shape index (κ2) is 3.05. The van der Waals surface area contributed by atoms with Crippen LogP contribution in [0, 0.1) is 0 Å². The third-order valence-corrected chi connectivity index (χ3v) is 2.03. The smallest absolute Gasteiger partial charge is 0.0648 e. The van der Waals surface area contributed by atoms with Gasteiger partial charge in [0.05, 0.1) is 5.69 Å². The molecule has 0 saturated heterocycles. The monoisotopic (exact) mass is 172 g/mol. The minimum atomic E-state index is 0.884. The quantitative estimate of drug-likeness (QED) is 0.636. The first-order chi connectivity index (χ1) is 6.27. The predicted octanol–water partition coefficient (Wildman–Crippen LogP) is 2.79. The van der Waals surface area contributed by atoms with Crippen LogP contribution in [0.15, 0.2) is 47.7 Å². The molecular formula is C11H12N2. The highest BCUT2D eigenvalue weighted by Gasteiger charge is 2.16. The molecule has 0 unspecified atom stereocenters. The molecule has 1 aliphatic rings. The van der Waals surface area contributed by atoms with Crippen LogP contribution in [0.1, 0.15) is 13.3 Å². The summed E-state index contributed by atoms with van der Waals surface area (Å²) in [4.78, 5) is 0. The van der Waals surface area contributed by atoms with Gasteiger partial charge in [-0.25, -0.2) is 5.01 Å². The zero-order valence-electron chi connectivity index (χ0n) is 7.70. The Morgan fingerprint density at radius 1 is 1.31 bits per heavy atom. The van der Waals surface area contributed by atoms with Crippen molar-refractivity contribution in [3.63, 3.8) is 0 Å². The zero-order chi connectivity index (χ0) is 9.26. The van der Waals surface area contributed by atoms with Gasteiger partial charge in [0.2, 0.25) is 0 Å². The lowest BCUT2D eigenvalue weighted by molar-refractivity contribution is 1.04. The van der Waals surface area contributed by atoms with Crippen molar-refractivity contribution in [2.75, 3.05) is 5.01 Å². The molecule has 1 heterocycles. The van der Waals surface area contributed by atoms with Crippen molar-refractivity contribution < 1.29 is 0 Å². The molecule has 1 aromatic rings. The number of hydrazone groups is 1. The number of hydrogen-bond acceptors (Lipinski definition) is 2. The Bertz CT molecular complexity index is 352. The fourth-order valence-corrected chi connectivity index (χ4v) is 1.46. The molecule has 0 amide bonds. The van der Waals surface area contributed by atoms with Gasteiger partial charge in [-0.15, -0.1) is 0 Å². The molecule has 1 aromatic carbocycles. The van der Waals surface area contributed by atoms with E-state index in [1.54, 1.807) is 0 Å². The molecule has 66 valence electrons. The fourth-order valence-electron chi connectivity index (χ4n) is 1.46. The summed E-state index contributed by atoms with van der Waals surface area (Å²) in [6, 6.07) is 10.1. The lowest BCUT2D eigenvalue weighted by Crippen LogP contribution is -2.08. The second-order valence-electron chi connectivity index (χ2n) is 3.23. The molecule has 0 saturated carbocycles. The van der Waals surface area contributed by atoms with Crippen molar-refractivity contribution in [3.8, 4) is 0 Å². The normalized spacial score (nSPS) is 16.2. The number of anilines is 1. The molecule has 0 radical (unpaired) electrons. The first-order valence-corrected chi connectivity index (χ1v) is 4.34. The average Bonchev–Trinajstić information content (AvgIpc) is 2.47. The van der Waals surface area contributed by atoms with E-state index in [1.807, 2.05) is 42.3 Å². The molecule has 0 aliphatic carbocycles. The molecule has 0 N–H and O–H groups in total. The van der Waals surface area contributed by atoms with Crippen molar-refractivity contribution in [3.05, 3.63) is 42.6 Å². The Balaban J connectivity index is 2.33. The maximum absolute atomic E-state index is 4.39. The first kappa shape index (κ1) is 8.05. The Morgan fingerprint density at radius 2 is 2.00 bits per heavy atom. The van der Waals surface area contributed by atoms with Gasteiger partial charge < -0.3 is 0 Å². The van der Waals surface area contributed by atoms with Crippen LogP contribution in [0.5, 0.6) is 0 Å². The Labute approximate surface area is 78.2 Å². The van der Waals surface area contributed by atoms with Crippen molar-refractivity contribution in [2.45, 2.75) is 13.3 Å². The number of allylic oxidation sites excluding steroid dienone is 1. The van der Waals surface area contributed by atoms with Crippen LogP contribution in [0.2, 0.25) is 0 Å². The van der Waals surface area contributed by atoms with Crippen molar-refractivity contribution in [1.82, 2.24) is 0 Å². The SMILES string of the molecule is C=C1CC(C)=NN1c1ccccc1. The average molecular weight is 172 g/mol. The number of nitrogens with zero attached hydrogens (tertiary/aromatic N) is 2. The molecule has 2 rings (SSSR count). The summed E-state index contributed by atoms with van der Waals surface area (Å²) < 4.78 is 0. The van der Waals surface area contributed by atoms with E-state index in [0.29, 0.717) is 0 Å². The summed E-state index contributed by atoms with van der Waals surface area (Å²) in [5.74, 6) is 0. The molecule has 0 atom stereocenters. The van der Waals surface area contributed by atoms with Gasteiger partial charge >= 0.3 is 0 Å². The van der Waals surface area contributed by atoms with Crippen LogP contribution in [0.3, 0.4) is 0 Å². The number of benzene rings is 1. The third kappa shape index (κ3) is 1.47. The lowest BCUT2D eigenvalue weighted by atomic mass is 10.2. The van der Waals surface area contributed by atoms with E-state index in [2.05, 4.69) is 11.7 Å². The molecule has 2 heteroatoms. The molecule has 2 nitrogen and oxygen atoms in total. The highest BCUT2D eigenvalue weighted by molar-refractivity contribution is 5.89. The van der Waals surface area contributed by atoms with Crippen LogP contribution >= 0.6 is 0 Å². The van der Waals surface area contributed by atoms with Crippen molar-refractivity contribution in [2.24, 2.45) is 5.10 Å². The van der Waals surface area contributed by atoms with Gasteiger partial charge in [-0.2, -0.15) is 5.10 Å². The molecule has 0 aromatic heterocycles. The van der Waals surface area contributed by atoms with Crippen LogP contribution in [0.25, 0.3) is 0 Å². The van der Waals surface area contributed by atoms with Crippen LogP contribution in [-0.4, -0.2) is 5.71 Å². The van der Waals surface area contributed by atoms with E-state index >= 15 is 0 Å². The van der Waals surface area contributed by atoms with Crippen molar-refractivity contribution >= 4 is 11.4 Å². The summed E-state index contributed by atoms with van der Waals surface area (Å²) in [6.07, 6.45) is 0.884. The minimum absolute atomic E-state index is 0.884. The highest BCUT2D eigenvalue weighted by atomic mass is 15.5. The van der Waals surface area contributed by atoms with Gasteiger partial charge in [0.25, 0.3) is 0 Å². The van der Waals surface area contributed by atoms with Crippen molar-refractivity contribution in [1.29, 1.82) is 0 Å². The molecule has 0 fully saturated rings. The number of para-hydroxylation sites is 1. The third-order valence-electron chi connectivity index (χ3n) is 2.03. The van der Waals surface area contributed by atoms with Crippen LogP contribution in [0.4, 0.5) is 5.69 Å². The Kier molecular flexibility index (Phi) is 1.89. The number of hydrogen-bond donors (Lipinski definition) is 0. The molecule has 0 spiro atoms. The molecule has 13 heavy (non-hydrogen) atoms. The summed E-state index contributed by atoms with van der Waals surface area (Å²) in [5, 5.41) is 6.29. The maximum Gasteiger partial charge on any atom is 0.0648 e. The fraction of sp³-hybridized carbons (Fsp3) is 0.182. The summed E-state index contributed by atoms with van der Waals surface area (Å²) >= 11 is 0. The maximum atomic E-state index is 4.39. The minimum Gasteiger partial charge on any atom is -0.238 e. The van der Waals surface area contributed by atoms with Gasteiger partial charge in [0.15, 0.2) is 0 Å². The largest absolute Gasteiger partial charge is 0.238 e. The number of rotatable bonds is 1. The lowest BCUT2D eigenvalue weighted by Gasteiger charge is -2.14. The van der Waals surface area contributed by atoms with E-state index in [0.717, 1.165) is 23.5 Å². The summed E-state index contributed by atoms with van der Waals surface area (Å²) in [7, 11) is 0. The van der Waals surface area contributed by atoms with Gasteiger partial charge in [-0.05, 0) is 19.1 Å². The van der Waals surface area contributed by atoms with Gasteiger partial charge in [0, 0.05) is 17.8 Å². The topological polar surface area (TPSA) is 15.6 Å². The second-order valence-corrected chi connectivity index (χ2v) is 3.23. The standard InChI is InChI=1S/C11H12N2/c1-9-8-10(2)13(12-9)11-6-4-3-5-7-11/h3-7H,2,8H2,1H3. The summed E-state index contributed by atoms with van der Waals surface area (Å²) in [5.41, 5.74) is 3.25.